The molecule has 1 N–H and O–H groups in total. The molecule has 0 saturated carbocycles. The van der Waals surface area contributed by atoms with Crippen molar-refractivity contribution in [1.29, 1.82) is 0 Å². The van der Waals surface area contributed by atoms with Crippen LogP contribution in [0.5, 0.6) is 5.75 Å². The van der Waals surface area contributed by atoms with Gasteiger partial charge in [-0.1, -0.05) is 26.0 Å². The zero-order valence-electron chi connectivity index (χ0n) is 12.1. The lowest BCUT2D eigenvalue weighted by Gasteiger charge is -2.19. The second kappa shape index (κ2) is 9.66. The lowest BCUT2D eigenvalue weighted by molar-refractivity contribution is -0.0498. The van der Waals surface area contributed by atoms with Crippen LogP contribution in [-0.2, 0) is 4.74 Å². The molecule has 0 aromatic heterocycles. The lowest BCUT2D eigenvalue weighted by atomic mass is 10.1. The van der Waals surface area contributed by atoms with Crippen LogP contribution in [0.4, 0.5) is 8.78 Å². The summed E-state index contributed by atoms with van der Waals surface area (Å²) in [7, 11) is 0. The van der Waals surface area contributed by atoms with Gasteiger partial charge in [-0.2, -0.15) is 8.78 Å². The quantitative estimate of drug-likeness (QED) is 0.665. The minimum atomic E-state index is -2.79. The van der Waals surface area contributed by atoms with Crippen LogP contribution in [0, 0.1) is 0 Å². The van der Waals surface area contributed by atoms with E-state index < -0.39 is 6.61 Å². The molecule has 114 valence electrons. The van der Waals surface area contributed by atoms with Crippen molar-refractivity contribution in [3.63, 3.8) is 0 Å². The van der Waals surface area contributed by atoms with E-state index in [1.54, 1.807) is 24.3 Å². The van der Waals surface area contributed by atoms with Gasteiger partial charge in [0.2, 0.25) is 0 Å². The highest BCUT2D eigenvalue weighted by atomic mass is 19.3. The Balaban J connectivity index is 2.63. The minimum absolute atomic E-state index is 0.0714. The molecule has 1 atom stereocenters. The Morgan fingerprint density at radius 3 is 2.35 bits per heavy atom. The number of halogens is 2. The van der Waals surface area contributed by atoms with E-state index in [2.05, 4.69) is 23.9 Å². The number of benzene rings is 1. The predicted octanol–water partition coefficient (Wildman–Crippen LogP) is 3.76. The third-order valence-electron chi connectivity index (χ3n) is 2.78. The molecular formula is C15H23F2NO2. The average Bonchev–Trinajstić information content (AvgIpc) is 2.43. The zero-order chi connectivity index (χ0) is 14.8. The van der Waals surface area contributed by atoms with E-state index >= 15 is 0 Å². The summed E-state index contributed by atoms with van der Waals surface area (Å²) in [6.07, 6.45) is 2.00. The first-order valence-corrected chi connectivity index (χ1v) is 7.03. The SMILES string of the molecule is CCCNC(COCCC)c1ccc(OC(F)F)cc1. The van der Waals surface area contributed by atoms with Crippen LogP contribution in [0.25, 0.3) is 0 Å². The molecule has 0 bridgehead atoms. The maximum atomic E-state index is 12.1. The summed E-state index contributed by atoms with van der Waals surface area (Å²) in [6.45, 7) is 3.54. The summed E-state index contributed by atoms with van der Waals surface area (Å²) in [4.78, 5) is 0. The first-order valence-electron chi connectivity index (χ1n) is 7.03. The fraction of sp³-hybridized carbons (Fsp3) is 0.600. The molecule has 0 saturated heterocycles. The minimum Gasteiger partial charge on any atom is -0.435 e. The molecule has 3 nitrogen and oxygen atoms in total. The van der Waals surface area contributed by atoms with Crippen LogP contribution >= 0.6 is 0 Å². The molecule has 0 spiro atoms. The van der Waals surface area contributed by atoms with Crippen LogP contribution in [-0.4, -0.2) is 26.4 Å². The Bertz CT molecular complexity index is 357. The Labute approximate surface area is 119 Å². The molecule has 5 heteroatoms. The van der Waals surface area contributed by atoms with Gasteiger partial charge >= 0.3 is 6.61 Å². The van der Waals surface area contributed by atoms with Gasteiger partial charge in [-0.3, -0.25) is 0 Å². The second-order valence-corrected chi connectivity index (χ2v) is 4.53. The van der Waals surface area contributed by atoms with E-state index in [1.165, 1.54) is 0 Å². The molecule has 1 aromatic carbocycles. The van der Waals surface area contributed by atoms with Gasteiger partial charge in [0.05, 0.1) is 12.6 Å². The summed E-state index contributed by atoms with van der Waals surface area (Å²) in [6, 6.07) is 6.77. The van der Waals surface area contributed by atoms with Crippen LogP contribution < -0.4 is 10.1 Å². The van der Waals surface area contributed by atoms with Crippen molar-refractivity contribution >= 4 is 0 Å². The number of nitrogens with one attached hydrogen (secondary N) is 1. The summed E-state index contributed by atoms with van der Waals surface area (Å²) in [5.74, 6) is 0.174. The Kier molecular flexibility index (Phi) is 8.14. The van der Waals surface area contributed by atoms with Gasteiger partial charge in [-0.25, -0.2) is 0 Å². The third-order valence-corrected chi connectivity index (χ3v) is 2.78. The molecule has 0 amide bonds. The van der Waals surface area contributed by atoms with Gasteiger partial charge in [0.1, 0.15) is 5.75 Å². The van der Waals surface area contributed by atoms with Crippen molar-refractivity contribution in [1.82, 2.24) is 5.32 Å². The molecule has 1 unspecified atom stereocenters. The summed E-state index contributed by atoms with van der Waals surface area (Å²) in [5, 5.41) is 3.39. The fourth-order valence-corrected chi connectivity index (χ4v) is 1.82. The molecule has 0 heterocycles. The molecule has 0 fully saturated rings. The van der Waals surface area contributed by atoms with Gasteiger partial charge in [-0.05, 0) is 37.1 Å². The number of hydrogen-bond donors (Lipinski definition) is 1. The van der Waals surface area contributed by atoms with Crippen molar-refractivity contribution < 1.29 is 18.3 Å². The van der Waals surface area contributed by atoms with E-state index in [9.17, 15) is 8.78 Å². The van der Waals surface area contributed by atoms with Gasteiger partial charge < -0.3 is 14.8 Å². The fourth-order valence-electron chi connectivity index (χ4n) is 1.82. The lowest BCUT2D eigenvalue weighted by Crippen LogP contribution is -2.26. The Morgan fingerprint density at radius 1 is 1.10 bits per heavy atom. The Morgan fingerprint density at radius 2 is 1.80 bits per heavy atom. The molecule has 1 rings (SSSR count). The standard InChI is InChI=1S/C15H23F2NO2/c1-3-9-18-14(11-19-10-4-2)12-5-7-13(8-6-12)20-15(16)17/h5-8,14-15,18H,3-4,9-11H2,1-2H3. The maximum absolute atomic E-state index is 12.1. The summed E-state index contributed by atoms with van der Waals surface area (Å²) in [5.41, 5.74) is 1.01. The summed E-state index contributed by atoms with van der Waals surface area (Å²) >= 11 is 0. The Hall–Kier alpha value is -1.20. The molecular weight excluding hydrogens is 264 g/mol. The van der Waals surface area contributed by atoms with E-state index in [0.717, 1.165) is 31.6 Å². The van der Waals surface area contributed by atoms with Crippen molar-refractivity contribution in [2.24, 2.45) is 0 Å². The topological polar surface area (TPSA) is 30.5 Å². The molecule has 0 radical (unpaired) electrons. The highest BCUT2D eigenvalue weighted by Crippen LogP contribution is 2.20. The third kappa shape index (κ3) is 6.30. The smallest absolute Gasteiger partial charge is 0.387 e. The number of ether oxygens (including phenoxy) is 2. The van der Waals surface area contributed by atoms with Crippen molar-refractivity contribution in [2.75, 3.05) is 19.8 Å². The van der Waals surface area contributed by atoms with Crippen LogP contribution in [0.15, 0.2) is 24.3 Å². The number of rotatable bonds is 10. The maximum Gasteiger partial charge on any atom is 0.387 e. The molecule has 0 aliphatic rings. The van der Waals surface area contributed by atoms with E-state index in [0.29, 0.717) is 6.61 Å². The van der Waals surface area contributed by atoms with Crippen molar-refractivity contribution in [2.45, 2.75) is 39.3 Å². The molecule has 0 aliphatic carbocycles. The van der Waals surface area contributed by atoms with Gasteiger partial charge in [0.25, 0.3) is 0 Å². The predicted molar refractivity (Wildman–Crippen MR) is 75.2 cm³/mol. The first kappa shape index (κ1) is 16.9. The van der Waals surface area contributed by atoms with E-state index in [-0.39, 0.29) is 11.8 Å². The second-order valence-electron chi connectivity index (χ2n) is 4.53. The van der Waals surface area contributed by atoms with E-state index in [4.69, 9.17) is 4.74 Å². The van der Waals surface area contributed by atoms with Gasteiger partial charge in [0, 0.05) is 6.61 Å². The van der Waals surface area contributed by atoms with E-state index in [1.807, 2.05) is 0 Å². The van der Waals surface area contributed by atoms with Gasteiger partial charge in [0.15, 0.2) is 0 Å². The first-order chi connectivity index (χ1) is 9.67. The zero-order valence-corrected chi connectivity index (χ0v) is 12.1. The van der Waals surface area contributed by atoms with Crippen molar-refractivity contribution in [3.05, 3.63) is 29.8 Å². The highest BCUT2D eigenvalue weighted by Gasteiger charge is 2.11. The largest absolute Gasteiger partial charge is 0.435 e. The van der Waals surface area contributed by atoms with Crippen LogP contribution in [0.1, 0.15) is 38.3 Å². The van der Waals surface area contributed by atoms with Crippen LogP contribution in [0.3, 0.4) is 0 Å². The molecule has 0 aliphatic heterocycles. The highest BCUT2D eigenvalue weighted by molar-refractivity contribution is 5.29. The number of hydrogen-bond acceptors (Lipinski definition) is 3. The van der Waals surface area contributed by atoms with Crippen molar-refractivity contribution in [3.8, 4) is 5.75 Å². The molecule has 1 aromatic rings. The monoisotopic (exact) mass is 287 g/mol. The summed E-state index contributed by atoms with van der Waals surface area (Å²) < 4.78 is 34.1. The average molecular weight is 287 g/mol. The van der Waals surface area contributed by atoms with Crippen LogP contribution in [0.2, 0.25) is 0 Å². The van der Waals surface area contributed by atoms with Gasteiger partial charge in [-0.15, -0.1) is 0 Å². The number of alkyl halides is 2. The normalized spacial score (nSPS) is 12.7. The molecule has 20 heavy (non-hydrogen) atoms.